The van der Waals surface area contributed by atoms with Crippen LogP contribution in [0, 0.1) is 0 Å². The van der Waals surface area contributed by atoms with Gasteiger partial charge in [-0.2, -0.15) is 0 Å². The molecule has 0 heterocycles. The standard InChI is InChI=1S/C14H16O6/c1-9(2)13(17)19-7-12(16)8-20-14(18)10-3-5-11(15)6-4-10/h3-6,12,15-16H,1,7-8H2,2H3/t12-/m0/s1. The SMILES string of the molecule is C=C(C)C(=O)OC[C@H](O)COC(=O)c1ccc(O)cc1. The number of ether oxygens (including phenoxy) is 2. The molecule has 1 rings (SSSR count). The van der Waals surface area contributed by atoms with Gasteiger partial charge in [-0.15, -0.1) is 0 Å². The van der Waals surface area contributed by atoms with Gasteiger partial charge in [-0.1, -0.05) is 6.58 Å². The largest absolute Gasteiger partial charge is 0.508 e. The Balaban J connectivity index is 2.35. The van der Waals surface area contributed by atoms with Gasteiger partial charge in [0.2, 0.25) is 0 Å². The predicted octanol–water partition coefficient (Wildman–Crippen LogP) is 1.03. The van der Waals surface area contributed by atoms with Crippen molar-refractivity contribution >= 4 is 11.9 Å². The first kappa shape index (κ1) is 15.7. The third-order valence-corrected chi connectivity index (χ3v) is 2.27. The summed E-state index contributed by atoms with van der Waals surface area (Å²) in [5.41, 5.74) is 0.465. The number of esters is 2. The molecule has 0 saturated carbocycles. The lowest BCUT2D eigenvalue weighted by Gasteiger charge is -2.12. The Morgan fingerprint density at radius 1 is 1.20 bits per heavy atom. The van der Waals surface area contributed by atoms with Crippen LogP contribution in [0.15, 0.2) is 36.4 Å². The molecule has 1 atom stereocenters. The molecule has 6 nitrogen and oxygen atoms in total. The first-order valence-electron chi connectivity index (χ1n) is 5.87. The molecule has 0 aliphatic carbocycles. The molecular formula is C14H16O6. The number of rotatable bonds is 6. The van der Waals surface area contributed by atoms with E-state index in [0.717, 1.165) is 0 Å². The number of aromatic hydroxyl groups is 1. The fraction of sp³-hybridized carbons (Fsp3) is 0.286. The van der Waals surface area contributed by atoms with Crippen molar-refractivity contribution in [3.63, 3.8) is 0 Å². The van der Waals surface area contributed by atoms with E-state index in [1.54, 1.807) is 0 Å². The number of phenolic OH excluding ortho intramolecular Hbond substituents is 1. The van der Waals surface area contributed by atoms with Gasteiger partial charge in [-0.05, 0) is 31.2 Å². The normalized spacial score (nSPS) is 11.5. The van der Waals surface area contributed by atoms with E-state index in [-0.39, 0.29) is 30.1 Å². The number of aliphatic hydroxyl groups excluding tert-OH is 1. The van der Waals surface area contributed by atoms with Crippen LogP contribution in [0.5, 0.6) is 5.75 Å². The topological polar surface area (TPSA) is 93.1 Å². The van der Waals surface area contributed by atoms with Gasteiger partial charge in [-0.3, -0.25) is 0 Å². The van der Waals surface area contributed by atoms with Crippen LogP contribution in [-0.2, 0) is 14.3 Å². The summed E-state index contributed by atoms with van der Waals surface area (Å²) in [5, 5.41) is 18.6. The quantitative estimate of drug-likeness (QED) is 0.597. The number of carbonyl (C=O) groups is 2. The molecule has 6 heteroatoms. The molecule has 0 radical (unpaired) electrons. The van der Waals surface area contributed by atoms with Gasteiger partial charge in [0.15, 0.2) is 0 Å². The van der Waals surface area contributed by atoms with Gasteiger partial charge < -0.3 is 19.7 Å². The monoisotopic (exact) mass is 280 g/mol. The summed E-state index contributed by atoms with van der Waals surface area (Å²) in [6.07, 6.45) is -1.11. The molecule has 0 fully saturated rings. The maximum atomic E-state index is 11.6. The van der Waals surface area contributed by atoms with Crippen molar-refractivity contribution in [2.24, 2.45) is 0 Å². The predicted molar refractivity (Wildman–Crippen MR) is 70.2 cm³/mol. The Kier molecular flexibility index (Phi) is 5.74. The van der Waals surface area contributed by atoms with Crippen LogP contribution in [0.1, 0.15) is 17.3 Å². The van der Waals surface area contributed by atoms with Crippen molar-refractivity contribution in [2.45, 2.75) is 13.0 Å². The number of benzene rings is 1. The summed E-state index contributed by atoms with van der Waals surface area (Å²) < 4.78 is 9.54. The fourth-order valence-electron chi connectivity index (χ4n) is 1.20. The van der Waals surface area contributed by atoms with Gasteiger partial charge in [0, 0.05) is 5.57 Å². The highest BCUT2D eigenvalue weighted by molar-refractivity contribution is 5.89. The minimum Gasteiger partial charge on any atom is -0.508 e. The van der Waals surface area contributed by atoms with Gasteiger partial charge in [0.25, 0.3) is 0 Å². The van der Waals surface area contributed by atoms with Crippen molar-refractivity contribution in [2.75, 3.05) is 13.2 Å². The second-order valence-electron chi connectivity index (χ2n) is 4.18. The van der Waals surface area contributed by atoms with Crippen LogP contribution in [-0.4, -0.2) is 41.5 Å². The molecule has 0 unspecified atom stereocenters. The Bertz CT molecular complexity index is 491. The first-order valence-corrected chi connectivity index (χ1v) is 5.87. The van der Waals surface area contributed by atoms with Crippen LogP contribution in [0.4, 0.5) is 0 Å². The van der Waals surface area contributed by atoms with Crippen molar-refractivity contribution in [1.29, 1.82) is 0 Å². The minimum atomic E-state index is -1.11. The Morgan fingerprint density at radius 3 is 2.30 bits per heavy atom. The minimum absolute atomic E-state index is 0.0355. The summed E-state index contributed by atoms with van der Waals surface area (Å²) in [7, 11) is 0. The molecule has 0 aliphatic rings. The van der Waals surface area contributed by atoms with Crippen molar-refractivity contribution in [3.8, 4) is 5.75 Å². The lowest BCUT2D eigenvalue weighted by atomic mass is 10.2. The van der Waals surface area contributed by atoms with E-state index in [1.165, 1.54) is 31.2 Å². The Hall–Kier alpha value is -2.34. The summed E-state index contributed by atoms with van der Waals surface area (Å²) in [5.74, 6) is -1.22. The fourth-order valence-corrected chi connectivity index (χ4v) is 1.20. The molecule has 1 aromatic rings. The Labute approximate surface area is 116 Å². The number of hydrogen-bond acceptors (Lipinski definition) is 6. The zero-order valence-electron chi connectivity index (χ0n) is 11.0. The number of carbonyl (C=O) groups excluding carboxylic acids is 2. The number of aliphatic hydroxyl groups is 1. The van der Waals surface area contributed by atoms with Crippen LogP contribution >= 0.6 is 0 Å². The lowest BCUT2D eigenvalue weighted by molar-refractivity contribution is -0.142. The summed E-state index contributed by atoms with van der Waals surface area (Å²) in [6.45, 7) is 4.29. The Morgan fingerprint density at radius 2 is 1.75 bits per heavy atom. The van der Waals surface area contributed by atoms with Gasteiger partial charge >= 0.3 is 11.9 Å². The maximum absolute atomic E-state index is 11.6. The smallest absolute Gasteiger partial charge is 0.338 e. The number of phenols is 1. The average Bonchev–Trinajstić information content (AvgIpc) is 2.42. The molecule has 0 amide bonds. The van der Waals surface area contributed by atoms with Gasteiger partial charge in [0.05, 0.1) is 5.56 Å². The molecular weight excluding hydrogens is 264 g/mol. The molecule has 2 N–H and O–H groups in total. The van der Waals surface area contributed by atoms with E-state index >= 15 is 0 Å². The average molecular weight is 280 g/mol. The second kappa shape index (κ2) is 7.30. The third kappa shape index (κ3) is 5.11. The van der Waals surface area contributed by atoms with E-state index in [4.69, 9.17) is 14.6 Å². The zero-order valence-corrected chi connectivity index (χ0v) is 11.0. The molecule has 0 bridgehead atoms. The first-order chi connectivity index (χ1) is 9.40. The molecule has 1 aromatic carbocycles. The molecule has 20 heavy (non-hydrogen) atoms. The molecule has 108 valence electrons. The zero-order chi connectivity index (χ0) is 15.1. The highest BCUT2D eigenvalue weighted by atomic mass is 16.6. The highest BCUT2D eigenvalue weighted by Crippen LogP contribution is 2.10. The lowest BCUT2D eigenvalue weighted by Crippen LogP contribution is -2.25. The molecule has 0 aliphatic heterocycles. The van der Waals surface area contributed by atoms with Crippen molar-refractivity contribution < 1.29 is 29.3 Å². The summed E-state index contributed by atoms with van der Waals surface area (Å²) in [4.78, 5) is 22.6. The summed E-state index contributed by atoms with van der Waals surface area (Å²) >= 11 is 0. The maximum Gasteiger partial charge on any atom is 0.338 e. The van der Waals surface area contributed by atoms with E-state index in [0.29, 0.717) is 0 Å². The van der Waals surface area contributed by atoms with Crippen LogP contribution < -0.4 is 0 Å². The van der Waals surface area contributed by atoms with E-state index < -0.39 is 18.0 Å². The van der Waals surface area contributed by atoms with Crippen molar-refractivity contribution in [1.82, 2.24) is 0 Å². The van der Waals surface area contributed by atoms with E-state index in [2.05, 4.69) is 6.58 Å². The van der Waals surface area contributed by atoms with E-state index in [9.17, 15) is 14.7 Å². The van der Waals surface area contributed by atoms with Gasteiger partial charge in [-0.25, -0.2) is 9.59 Å². The van der Waals surface area contributed by atoms with Crippen LogP contribution in [0.25, 0.3) is 0 Å². The molecule has 0 saturated heterocycles. The second-order valence-corrected chi connectivity index (χ2v) is 4.18. The summed E-state index contributed by atoms with van der Waals surface area (Å²) in [6, 6.07) is 5.49. The van der Waals surface area contributed by atoms with Crippen LogP contribution in [0.3, 0.4) is 0 Å². The van der Waals surface area contributed by atoms with Crippen molar-refractivity contribution in [3.05, 3.63) is 42.0 Å². The molecule has 0 aromatic heterocycles. The number of hydrogen-bond donors (Lipinski definition) is 2. The van der Waals surface area contributed by atoms with Gasteiger partial charge in [0.1, 0.15) is 25.1 Å². The highest BCUT2D eigenvalue weighted by Gasteiger charge is 2.13. The molecule has 0 spiro atoms. The van der Waals surface area contributed by atoms with Crippen LogP contribution in [0.2, 0.25) is 0 Å². The van der Waals surface area contributed by atoms with E-state index in [1.807, 2.05) is 0 Å². The third-order valence-electron chi connectivity index (χ3n) is 2.27.